The van der Waals surface area contributed by atoms with E-state index in [1.807, 2.05) is 13.8 Å². The molecule has 0 radical (unpaired) electrons. The van der Waals surface area contributed by atoms with E-state index in [9.17, 15) is 22.8 Å². The number of nitrogens with one attached hydrogen (secondary N) is 2. The summed E-state index contributed by atoms with van der Waals surface area (Å²) in [5, 5.41) is 5.14. The second-order valence-corrected chi connectivity index (χ2v) is 10.9. The minimum absolute atomic E-state index is 0.0272. The van der Waals surface area contributed by atoms with Gasteiger partial charge >= 0.3 is 0 Å². The molecule has 1 fully saturated rings. The Bertz CT molecular complexity index is 1500. The summed E-state index contributed by atoms with van der Waals surface area (Å²) in [5.41, 5.74) is 0.485. The Morgan fingerprint density at radius 3 is 2.70 bits per heavy atom. The Balaban J connectivity index is 1.56. The first-order valence-corrected chi connectivity index (χ1v) is 13.3. The Morgan fingerprint density at radius 2 is 2.00 bits per heavy atom. The number of carbonyl (C=O) groups is 3. The first-order chi connectivity index (χ1) is 18.8. The van der Waals surface area contributed by atoms with Crippen molar-refractivity contribution in [2.24, 2.45) is 5.92 Å². The van der Waals surface area contributed by atoms with Crippen LogP contribution in [0.5, 0.6) is 0 Å². The number of fused-ring (bicyclic) bond motifs is 1. The van der Waals surface area contributed by atoms with Crippen molar-refractivity contribution in [2.75, 3.05) is 13.0 Å². The quantitative estimate of drug-likeness (QED) is 0.457. The Morgan fingerprint density at radius 1 is 1.24 bits per heavy atom. The molecule has 196 valence electrons. The molecule has 1 aliphatic heterocycles. The van der Waals surface area contributed by atoms with E-state index in [4.69, 9.17) is 8.53 Å². The number of aromatic nitrogens is 1. The highest BCUT2D eigenvalue weighted by molar-refractivity contribution is 7.89. The summed E-state index contributed by atoms with van der Waals surface area (Å²) in [4.78, 5) is 43.5. The molecule has 1 unspecified atom stereocenters. The van der Waals surface area contributed by atoms with Crippen molar-refractivity contribution in [3.63, 3.8) is 0 Å². The number of hydrogen-bond donors (Lipinski definition) is 2. The van der Waals surface area contributed by atoms with Crippen molar-refractivity contribution in [3.05, 3.63) is 60.5 Å². The number of amides is 2. The molecule has 37 heavy (non-hydrogen) atoms. The molecule has 3 aromatic rings. The van der Waals surface area contributed by atoms with Crippen LogP contribution in [0.2, 0.25) is 0 Å². The fourth-order valence-electron chi connectivity index (χ4n) is 3.92. The average molecular weight is 530 g/mol. The highest BCUT2D eigenvalue weighted by atomic mass is 32.2. The number of furan rings is 1. The number of nitrogens with zero attached hydrogens (tertiary/aromatic N) is 2. The van der Waals surface area contributed by atoms with Gasteiger partial charge in [0.2, 0.25) is 5.91 Å². The van der Waals surface area contributed by atoms with Gasteiger partial charge < -0.3 is 15.1 Å². The molecule has 2 aromatic heterocycles. The lowest BCUT2D eigenvalue weighted by Gasteiger charge is -2.23. The van der Waals surface area contributed by atoms with E-state index in [1.54, 1.807) is 24.3 Å². The third-order valence-corrected chi connectivity index (χ3v) is 7.36. The average Bonchev–Trinajstić information content (AvgIpc) is 3.31. The number of rotatable bonds is 8. The van der Waals surface area contributed by atoms with Crippen molar-refractivity contribution < 1.29 is 31.3 Å². The summed E-state index contributed by atoms with van der Waals surface area (Å²) in [6, 6.07) is 8.93. The maximum Gasteiger partial charge on any atom is 0.287 e. The summed E-state index contributed by atoms with van der Waals surface area (Å²) < 4.78 is 57.8. The molecular weight excluding hydrogens is 496 g/mol. The number of benzene rings is 1. The molecule has 0 saturated carbocycles. The number of hydrogen-bond acceptors (Lipinski definition) is 7. The number of carbonyl (C=O) groups excluding carboxylic acids is 3. The van der Waals surface area contributed by atoms with E-state index in [1.165, 1.54) is 30.5 Å². The van der Waals surface area contributed by atoms with Crippen LogP contribution in [-0.2, 0) is 19.6 Å². The fourth-order valence-corrected chi connectivity index (χ4v) is 5.17. The summed E-state index contributed by atoms with van der Waals surface area (Å²) in [5.74, 6) is -3.11. The largest absolute Gasteiger partial charge is 0.451 e. The van der Waals surface area contributed by atoms with Crippen molar-refractivity contribution in [3.8, 4) is 0 Å². The lowest BCUT2D eigenvalue weighted by atomic mass is 10.0. The molecule has 11 heteroatoms. The standard InChI is InChI=1S/C26H30N4O6S/c1-17(2)14-20(29-26(33)23-15-18-8-3-4-10-22(18)36-23)25(32)28-19-9-7-13-30(16-21(19)31)37(34,35)24-11-5-6-12-27-24/h3-6,8,10-12,15,17,19-20H,7,9,13-14,16H2,1-2H3,(H,28,32)(H,29,33)/t19-,20?/m0/s1/i16D2,19D. The summed E-state index contributed by atoms with van der Waals surface area (Å²) in [6.07, 6.45) is 0.930. The molecule has 1 aliphatic rings. The molecule has 4 rings (SSSR count). The van der Waals surface area contributed by atoms with E-state index in [0.717, 1.165) is 0 Å². The second-order valence-electron chi connectivity index (χ2n) is 9.06. The molecule has 2 amide bonds. The molecule has 3 heterocycles. The molecule has 1 saturated heterocycles. The Kier molecular flexibility index (Phi) is 6.86. The smallest absolute Gasteiger partial charge is 0.287 e. The number of ketones is 1. The topological polar surface area (TPSA) is 139 Å². The number of sulfonamides is 1. The maximum atomic E-state index is 13.4. The molecule has 2 N–H and O–H groups in total. The Hall–Kier alpha value is -3.57. The maximum absolute atomic E-state index is 13.4. The third-order valence-electron chi connectivity index (χ3n) is 5.73. The SMILES string of the molecule is [2H]C1([2H])C(=O)[C@@]([2H])(NC(=O)C(CC(C)C)NC(=O)c2cc3ccccc3o2)CCCN1S(=O)(=O)c1ccccn1. The van der Waals surface area contributed by atoms with Crippen LogP contribution in [0.25, 0.3) is 11.0 Å². The second kappa shape index (κ2) is 11.2. The predicted octanol–water partition coefficient (Wildman–Crippen LogP) is 2.51. The van der Waals surface area contributed by atoms with Gasteiger partial charge in [-0.2, -0.15) is 4.31 Å². The van der Waals surface area contributed by atoms with Gasteiger partial charge in [-0.25, -0.2) is 13.4 Å². The van der Waals surface area contributed by atoms with Gasteiger partial charge in [0.25, 0.3) is 15.9 Å². The zero-order valence-electron chi connectivity index (χ0n) is 23.4. The van der Waals surface area contributed by atoms with Crippen molar-refractivity contribution >= 4 is 38.6 Å². The van der Waals surface area contributed by atoms with Crippen LogP contribution in [0.15, 0.2) is 64.2 Å². The summed E-state index contributed by atoms with van der Waals surface area (Å²) in [6.45, 7) is 0.0685. The normalized spacial score (nSPS) is 22.5. The molecule has 0 aliphatic carbocycles. The van der Waals surface area contributed by atoms with Crippen molar-refractivity contribution in [2.45, 2.75) is 50.2 Å². The molecule has 1 aromatic carbocycles. The fraction of sp³-hybridized carbons (Fsp3) is 0.385. The van der Waals surface area contributed by atoms with E-state index in [-0.39, 0.29) is 30.9 Å². The first-order valence-electron chi connectivity index (χ1n) is 13.4. The van der Waals surface area contributed by atoms with Crippen LogP contribution in [0.3, 0.4) is 0 Å². The Labute approximate surface area is 219 Å². The van der Waals surface area contributed by atoms with Crippen LogP contribution >= 0.6 is 0 Å². The van der Waals surface area contributed by atoms with Crippen molar-refractivity contribution in [1.29, 1.82) is 0 Å². The monoisotopic (exact) mass is 529 g/mol. The number of Topliss-reactive ketones (excluding diaryl/α,β-unsaturated/α-hetero) is 1. The van der Waals surface area contributed by atoms with Gasteiger partial charge in [-0.05, 0) is 49.4 Å². The highest BCUT2D eigenvalue weighted by Gasteiger charge is 2.35. The van der Waals surface area contributed by atoms with Gasteiger partial charge in [0.05, 0.1) is 16.6 Å². The van der Waals surface area contributed by atoms with Crippen LogP contribution < -0.4 is 10.6 Å². The minimum Gasteiger partial charge on any atom is -0.451 e. The highest BCUT2D eigenvalue weighted by Crippen LogP contribution is 2.20. The van der Waals surface area contributed by atoms with Crippen LogP contribution in [0, 0.1) is 5.92 Å². The van der Waals surface area contributed by atoms with Crippen LogP contribution in [-0.4, -0.2) is 60.4 Å². The van der Waals surface area contributed by atoms with E-state index >= 15 is 0 Å². The van der Waals surface area contributed by atoms with Gasteiger partial charge in [-0.3, -0.25) is 14.4 Å². The third kappa shape index (κ3) is 6.23. The van der Waals surface area contributed by atoms with Gasteiger partial charge in [0.1, 0.15) is 11.6 Å². The van der Waals surface area contributed by atoms with Gasteiger partial charge in [-0.1, -0.05) is 38.1 Å². The molecule has 0 spiro atoms. The van der Waals surface area contributed by atoms with E-state index in [2.05, 4.69) is 15.6 Å². The molecule has 0 bridgehead atoms. The minimum atomic E-state index is -4.53. The predicted molar refractivity (Wildman–Crippen MR) is 136 cm³/mol. The number of pyridine rings is 1. The molecular formula is C26H30N4O6S. The zero-order chi connectivity index (χ0) is 29.3. The van der Waals surface area contributed by atoms with Gasteiger partial charge in [0.15, 0.2) is 16.6 Å². The molecule has 2 atom stereocenters. The van der Waals surface area contributed by atoms with Gasteiger partial charge in [0, 0.05) is 18.1 Å². The number of para-hydroxylation sites is 1. The summed E-state index contributed by atoms with van der Waals surface area (Å²) in [7, 11) is -4.53. The van der Waals surface area contributed by atoms with Crippen LogP contribution in [0.4, 0.5) is 0 Å². The first kappa shape index (κ1) is 22.6. The van der Waals surface area contributed by atoms with Crippen LogP contribution in [0.1, 0.15) is 47.8 Å². The van der Waals surface area contributed by atoms with E-state index < -0.39 is 57.7 Å². The zero-order valence-corrected chi connectivity index (χ0v) is 21.2. The van der Waals surface area contributed by atoms with Gasteiger partial charge in [-0.15, -0.1) is 0 Å². The lowest BCUT2D eigenvalue weighted by Crippen LogP contribution is -2.52. The van der Waals surface area contributed by atoms with Crippen molar-refractivity contribution in [1.82, 2.24) is 19.9 Å². The summed E-state index contributed by atoms with van der Waals surface area (Å²) >= 11 is 0. The lowest BCUT2D eigenvalue weighted by molar-refractivity contribution is -0.129. The van der Waals surface area contributed by atoms with E-state index in [0.29, 0.717) is 15.3 Å². The molecule has 10 nitrogen and oxygen atoms in total.